The number of aromatic nitrogens is 1. The first-order valence-corrected chi connectivity index (χ1v) is 11.7. The maximum atomic E-state index is 12.4. The lowest BCUT2D eigenvalue weighted by Crippen LogP contribution is -2.12. The van der Waals surface area contributed by atoms with Gasteiger partial charge in [-0.05, 0) is 87.6 Å². The highest BCUT2D eigenvalue weighted by Gasteiger charge is 2.30. The first-order chi connectivity index (χ1) is 15.1. The quantitative estimate of drug-likeness (QED) is 0.231. The number of ketones is 2. The summed E-state index contributed by atoms with van der Waals surface area (Å²) < 4.78 is 1.21. The van der Waals surface area contributed by atoms with Gasteiger partial charge in [-0.2, -0.15) is 0 Å². The molecule has 3 nitrogen and oxygen atoms in total. The van der Waals surface area contributed by atoms with E-state index in [0.717, 1.165) is 44.8 Å². The molecule has 32 heavy (non-hydrogen) atoms. The minimum absolute atomic E-state index is 0.0292. The number of H-pyrrole nitrogens is 1. The van der Waals surface area contributed by atoms with Gasteiger partial charge in [-0.3, -0.25) is 9.59 Å². The van der Waals surface area contributed by atoms with Gasteiger partial charge in [0.05, 0.1) is 5.92 Å². The van der Waals surface area contributed by atoms with Gasteiger partial charge >= 0.3 is 0 Å². The Morgan fingerprint density at radius 1 is 1.09 bits per heavy atom. The maximum Gasteiger partial charge on any atom is 0.161 e. The molecule has 166 valence electrons. The van der Waals surface area contributed by atoms with Crippen LogP contribution in [-0.2, 0) is 4.79 Å². The number of thiophene rings is 1. The van der Waals surface area contributed by atoms with Crippen molar-refractivity contribution >= 4 is 33.0 Å². The van der Waals surface area contributed by atoms with E-state index in [1.165, 1.54) is 10.1 Å². The largest absolute Gasteiger partial charge is 0.361 e. The smallest absolute Gasteiger partial charge is 0.161 e. The summed E-state index contributed by atoms with van der Waals surface area (Å²) >= 11 is 1.71. The fourth-order valence-corrected chi connectivity index (χ4v) is 5.87. The number of nitrogens with one attached hydrogen (secondary N) is 1. The normalized spacial score (nSPS) is 13.8. The second-order valence-electron chi connectivity index (χ2n) is 8.42. The number of rotatable bonds is 7. The zero-order valence-electron chi connectivity index (χ0n) is 20.0. The zero-order chi connectivity index (χ0) is 23.7. The van der Waals surface area contributed by atoms with Crippen molar-refractivity contribution in [3.63, 3.8) is 0 Å². The Labute approximate surface area is 194 Å². The molecule has 0 saturated carbocycles. The number of hydrogen-bond acceptors (Lipinski definition) is 3. The number of allylic oxidation sites excluding steroid dienone is 5. The lowest BCUT2D eigenvalue weighted by Gasteiger charge is -2.25. The van der Waals surface area contributed by atoms with E-state index >= 15 is 0 Å². The maximum absolute atomic E-state index is 12.4. The van der Waals surface area contributed by atoms with Crippen molar-refractivity contribution in [3.8, 4) is 0 Å². The Morgan fingerprint density at radius 3 is 2.28 bits per heavy atom. The van der Waals surface area contributed by atoms with Crippen molar-refractivity contribution < 1.29 is 9.59 Å². The average molecular weight is 446 g/mol. The lowest BCUT2D eigenvalue weighted by molar-refractivity contribution is -0.113. The summed E-state index contributed by atoms with van der Waals surface area (Å²) in [5.74, 6) is -0.0990. The van der Waals surface area contributed by atoms with Crippen molar-refractivity contribution in [1.82, 2.24) is 4.98 Å². The van der Waals surface area contributed by atoms with E-state index in [-0.39, 0.29) is 17.5 Å². The van der Waals surface area contributed by atoms with Gasteiger partial charge < -0.3 is 4.98 Å². The van der Waals surface area contributed by atoms with E-state index in [0.29, 0.717) is 5.57 Å². The average Bonchev–Trinajstić information content (AvgIpc) is 3.26. The first kappa shape index (κ1) is 23.7. The molecule has 1 N–H and O–H groups in total. The third kappa shape index (κ3) is 4.07. The van der Waals surface area contributed by atoms with Gasteiger partial charge in [0.2, 0.25) is 0 Å². The summed E-state index contributed by atoms with van der Waals surface area (Å²) in [5.41, 5.74) is 8.22. The second-order valence-corrected chi connectivity index (χ2v) is 9.33. The highest BCUT2D eigenvalue weighted by molar-refractivity contribution is 7.17. The number of aromatic amines is 1. The zero-order valence-corrected chi connectivity index (χ0v) is 20.8. The highest BCUT2D eigenvalue weighted by Crippen LogP contribution is 2.44. The minimum atomic E-state index is -0.176. The van der Waals surface area contributed by atoms with Gasteiger partial charge in [0.25, 0.3) is 0 Å². The van der Waals surface area contributed by atoms with Crippen LogP contribution in [0.1, 0.15) is 73.4 Å². The number of Topliss-reactive ketones (excluding diaryl/α,β-unsaturated/α-hetero) is 2. The molecule has 1 unspecified atom stereocenters. The van der Waals surface area contributed by atoms with Crippen molar-refractivity contribution in [2.45, 2.75) is 54.4 Å². The molecule has 0 spiro atoms. The van der Waals surface area contributed by atoms with Crippen LogP contribution in [-0.4, -0.2) is 16.6 Å². The Balaban J connectivity index is 2.46. The molecule has 2 heterocycles. The van der Waals surface area contributed by atoms with Crippen LogP contribution in [0.5, 0.6) is 0 Å². The molecule has 3 aromatic rings. The summed E-state index contributed by atoms with van der Waals surface area (Å²) in [6.45, 7) is 17.3. The van der Waals surface area contributed by atoms with Crippen LogP contribution in [0, 0.1) is 13.8 Å². The van der Waals surface area contributed by atoms with Crippen LogP contribution in [0.2, 0.25) is 0 Å². The van der Waals surface area contributed by atoms with E-state index in [9.17, 15) is 9.59 Å². The number of carbonyl (C=O) groups is 2. The van der Waals surface area contributed by atoms with Gasteiger partial charge in [0, 0.05) is 27.2 Å². The molecule has 0 aliphatic heterocycles. The highest BCUT2D eigenvalue weighted by atomic mass is 32.1. The van der Waals surface area contributed by atoms with E-state index in [4.69, 9.17) is 0 Å². The third-order valence-corrected chi connectivity index (χ3v) is 7.15. The lowest BCUT2D eigenvalue weighted by atomic mass is 9.79. The van der Waals surface area contributed by atoms with Crippen molar-refractivity contribution in [3.05, 3.63) is 92.7 Å². The molecule has 0 radical (unpaired) electrons. The number of aryl methyl sites for hydroxylation is 1. The van der Waals surface area contributed by atoms with E-state index in [1.807, 2.05) is 52.8 Å². The van der Waals surface area contributed by atoms with Gasteiger partial charge in [0.15, 0.2) is 11.6 Å². The molecule has 3 rings (SSSR count). The molecule has 2 aromatic heterocycles. The van der Waals surface area contributed by atoms with Crippen LogP contribution in [0.15, 0.2) is 64.6 Å². The molecule has 0 saturated heterocycles. The molecule has 0 amide bonds. The molecule has 0 bridgehead atoms. The van der Waals surface area contributed by atoms with Crippen LogP contribution in [0.3, 0.4) is 0 Å². The molecular weight excluding hydrogens is 414 g/mol. The fraction of sp³-hybridized carbons (Fsp3) is 0.286. The van der Waals surface area contributed by atoms with Gasteiger partial charge in [-0.15, -0.1) is 11.3 Å². The van der Waals surface area contributed by atoms with Crippen LogP contribution < -0.4 is 0 Å². The first-order valence-electron chi connectivity index (χ1n) is 10.8. The van der Waals surface area contributed by atoms with E-state index in [1.54, 1.807) is 25.2 Å². The summed E-state index contributed by atoms with van der Waals surface area (Å²) in [6, 6.07) is 8.35. The Kier molecular flexibility index (Phi) is 6.85. The molecule has 1 aromatic carbocycles. The molecule has 4 heteroatoms. The van der Waals surface area contributed by atoms with E-state index < -0.39 is 0 Å². The monoisotopic (exact) mass is 445 g/mol. The molecular formula is C28H31NO2S. The SMILES string of the molecule is C=C(C)C(=C(C)C(=CC)C(C)=O)C(c1[nH]c(C)c(C(C)=O)c1C)c1csc2ccccc12. The number of hydrogen-bond donors (Lipinski definition) is 1. The van der Waals surface area contributed by atoms with Crippen molar-refractivity contribution in [2.24, 2.45) is 0 Å². The predicted molar refractivity (Wildman–Crippen MR) is 136 cm³/mol. The second kappa shape index (κ2) is 9.25. The van der Waals surface area contributed by atoms with Crippen molar-refractivity contribution in [1.29, 1.82) is 0 Å². The van der Waals surface area contributed by atoms with Gasteiger partial charge in [-0.1, -0.05) is 36.4 Å². The van der Waals surface area contributed by atoms with Gasteiger partial charge in [-0.25, -0.2) is 0 Å². The topological polar surface area (TPSA) is 49.9 Å². The van der Waals surface area contributed by atoms with E-state index in [2.05, 4.69) is 29.1 Å². The predicted octanol–water partition coefficient (Wildman–Crippen LogP) is 7.61. The fourth-order valence-electron chi connectivity index (χ4n) is 4.88. The minimum Gasteiger partial charge on any atom is -0.361 e. The summed E-state index contributed by atoms with van der Waals surface area (Å²) in [4.78, 5) is 28.4. The summed E-state index contributed by atoms with van der Waals surface area (Å²) in [6.07, 6.45) is 1.87. The Hall–Kier alpha value is -2.98. The Bertz CT molecular complexity index is 1300. The molecule has 0 aliphatic rings. The number of benzene rings is 1. The summed E-state index contributed by atoms with van der Waals surface area (Å²) in [7, 11) is 0. The van der Waals surface area contributed by atoms with Crippen molar-refractivity contribution in [2.75, 3.05) is 0 Å². The number of fused-ring (bicyclic) bond motifs is 1. The molecule has 0 fully saturated rings. The molecule has 1 atom stereocenters. The Morgan fingerprint density at radius 2 is 1.75 bits per heavy atom. The van der Waals surface area contributed by atoms with Crippen LogP contribution in [0.4, 0.5) is 0 Å². The summed E-state index contributed by atoms with van der Waals surface area (Å²) in [5, 5.41) is 3.37. The number of carbonyl (C=O) groups excluding carboxylic acids is 2. The third-order valence-electron chi connectivity index (χ3n) is 6.16. The molecule has 0 aliphatic carbocycles. The standard InChI is InChI=1S/C28H31NO2S/c1-9-21(19(7)30)16(4)25(15(2)3)27(23-14-32-24-13-11-10-12-22(23)24)28-17(5)26(20(8)31)18(6)29-28/h9-14,27,29H,2H2,1,3-8H3. The van der Waals surface area contributed by atoms with Gasteiger partial charge in [0.1, 0.15) is 0 Å². The van der Waals surface area contributed by atoms with Crippen LogP contribution >= 0.6 is 11.3 Å². The van der Waals surface area contributed by atoms with Crippen LogP contribution in [0.25, 0.3) is 10.1 Å².